The van der Waals surface area contributed by atoms with E-state index in [1.54, 1.807) is 6.07 Å². The van der Waals surface area contributed by atoms with Crippen LogP contribution in [0.5, 0.6) is 5.75 Å². The summed E-state index contributed by atoms with van der Waals surface area (Å²) in [6.45, 7) is 9.94. The molecule has 0 heterocycles. The van der Waals surface area contributed by atoms with E-state index in [9.17, 15) is 4.79 Å². The number of carbonyl (C=O) groups excluding carboxylic acids is 1. The Hall–Kier alpha value is -1.81. The van der Waals surface area contributed by atoms with Crippen LogP contribution in [0, 0.1) is 20.8 Å². The molecule has 0 radical (unpaired) electrons. The third-order valence-electron chi connectivity index (χ3n) is 3.46. The summed E-state index contributed by atoms with van der Waals surface area (Å²) in [7, 11) is 0. The largest absolute Gasteiger partial charge is 0.490 e. The second-order valence-corrected chi connectivity index (χ2v) is 6.95. The predicted octanol–water partition coefficient (Wildman–Crippen LogP) is 5.41. The lowest BCUT2D eigenvalue weighted by molar-refractivity contribution is 0.102. The lowest BCUT2D eigenvalue weighted by atomic mass is 10.0. The molecule has 0 spiro atoms. The number of anilines is 1. The van der Waals surface area contributed by atoms with Gasteiger partial charge in [0.2, 0.25) is 0 Å². The van der Waals surface area contributed by atoms with Gasteiger partial charge in [-0.2, -0.15) is 0 Å². The average molecular weight is 376 g/mol. The Labute approximate surface area is 146 Å². The third kappa shape index (κ3) is 4.35. The number of carbonyl (C=O) groups is 1. The van der Waals surface area contributed by atoms with Crippen LogP contribution in [-0.4, -0.2) is 12.0 Å². The van der Waals surface area contributed by atoms with Crippen molar-refractivity contribution in [1.29, 1.82) is 0 Å². The maximum Gasteiger partial charge on any atom is 0.259 e. The van der Waals surface area contributed by atoms with Crippen LogP contribution in [0.2, 0.25) is 0 Å². The molecule has 0 saturated carbocycles. The number of hydrogen-bond donors (Lipinski definition) is 1. The molecule has 1 N–H and O–H groups in total. The first-order valence-corrected chi connectivity index (χ1v) is 8.42. The molecule has 2 aromatic carbocycles. The van der Waals surface area contributed by atoms with Gasteiger partial charge in [-0.15, -0.1) is 0 Å². The van der Waals surface area contributed by atoms with E-state index < -0.39 is 0 Å². The number of aryl methyl sites for hydroxylation is 3. The Bertz CT molecular complexity index is 715. The van der Waals surface area contributed by atoms with E-state index in [0.717, 1.165) is 21.3 Å². The molecule has 0 aromatic heterocycles. The van der Waals surface area contributed by atoms with Crippen LogP contribution in [0.3, 0.4) is 0 Å². The van der Waals surface area contributed by atoms with Gasteiger partial charge in [0.05, 0.1) is 11.7 Å². The molecule has 122 valence electrons. The minimum Gasteiger partial charge on any atom is -0.490 e. The zero-order valence-electron chi connectivity index (χ0n) is 14.2. The minimum atomic E-state index is -0.169. The first-order valence-electron chi connectivity index (χ1n) is 7.63. The minimum absolute atomic E-state index is 0.00516. The number of rotatable bonds is 4. The van der Waals surface area contributed by atoms with Crippen LogP contribution in [-0.2, 0) is 0 Å². The second-order valence-electron chi connectivity index (χ2n) is 6.03. The van der Waals surface area contributed by atoms with E-state index in [1.165, 1.54) is 5.56 Å². The van der Waals surface area contributed by atoms with Crippen molar-refractivity contribution in [2.24, 2.45) is 0 Å². The highest BCUT2D eigenvalue weighted by atomic mass is 79.9. The van der Waals surface area contributed by atoms with Crippen LogP contribution in [0.25, 0.3) is 0 Å². The van der Waals surface area contributed by atoms with E-state index in [0.29, 0.717) is 11.3 Å². The fourth-order valence-electron chi connectivity index (χ4n) is 2.59. The molecule has 2 aromatic rings. The molecule has 0 aliphatic carbocycles. The standard InChI is InChI=1S/C19H22BrNO2/c1-11(2)23-17-7-6-15(20)10-16(17)19(22)21-18-13(4)8-12(3)9-14(18)5/h6-11H,1-5H3,(H,21,22). The Morgan fingerprint density at radius 3 is 2.26 bits per heavy atom. The lowest BCUT2D eigenvalue weighted by Crippen LogP contribution is -2.17. The van der Waals surface area contributed by atoms with Crippen LogP contribution in [0.15, 0.2) is 34.8 Å². The molecule has 3 nitrogen and oxygen atoms in total. The van der Waals surface area contributed by atoms with Gasteiger partial charge in [-0.1, -0.05) is 33.6 Å². The Kier molecular flexibility index (Phi) is 5.47. The Morgan fingerprint density at radius 1 is 1.09 bits per heavy atom. The van der Waals surface area contributed by atoms with Gasteiger partial charge < -0.3 is 10.1 Å². The van der Waals surface area contributed by atoms with Gasteiger partial charge in [0.1, 0.15) is 5.75 Å². The van der Waals surface area contributed by atoms with Crippen molar-refractivity contribution < 1.29 is 9.53 Å². The van der Waals surface area contributed by atoms with Crippen LogP contribution < -0.4 is 10.1 Å². The maximum atomic E-state index is 12.7. The highest BCUT2D eigenvalue weighted by Crippen LogP contribution is 2.27. The normalized spacial score (nSPS) is 10.7. The summed E-state index contributed by atoms with van der Waals surface area (Å²) in [5, 5.41) is 3.02. The van der Waals surface area contributed by atoms with Crippen molar-refractivity contribution in [3.05, 3.63) is 57.1 Å². The van der Waals surface area contributed by atoms with Crippen molar-refractivity contribution in [3.63, 3.8) is 0 Å². The van der Waals surface area contributed by atoms with E-state index in [-0.39, 0.29) is 12.0 Å². The summed E-state index contributed by atoms with van der Waals surface area (Å²) in [5.41, 5.74) is 4.67. The first kappa shape index (κ1) is 17.5. The average Bonchev–Trinajstić information content (AvgIpc) is 2.44. The molecular formula is C19H22BrNO2. The summed E-state index contributed by atoms with van der Waals surface area (Å²) >= 11 is 3.42. The van der Waals surface area contributed by atoms with Crippen LogP contribution >= 0.6 is 15.9 Å². The monoisotopic (exact) mass is 375 g/mol. The number of halogens is 1. The van der Waals surface area contributed by atoms with Crippen molar-refractivity contribution >= 4 is 27.5 Å². The fourth-order valence-corrected chi connectivity index (χ4v) is 2.96. The van der Waals surface area contributed by atoms with Gasteiger partial charge in [-0.05, 0) is 63.9 Å². The van der Waals surface area contributed by atoms with Gasteiger partial charge in [-0.3, -0.25) is 4.79 Å². The summed E-state index contributed by atoms with van der Waals surface area (Å²) in [4.78, 5) is 12.7. The first-order chi connectivity index (χ1) is 10.8. The highest BCUT2D eigenvalue weighted by Gasteiger charge is 2.16. The second kappa shape index (κ2) is 7.18. The van der Waals surface area contributed by atoms with Crippen molar-refractivity contribution in [2.45, 2.75) is 40.7 Å². The smallest absolute Gasteiger partial charge is 0.259 e. The Morgan fingerprint density at radius 2 is 1.70 bits per heavy atom. The molecule has 0 saturated heterocycles. The molecule has 4 heteroatoms. The topological polar surface area (TPSA) is 38.3 Å². The summed E-state index contributed by atoms with van der Waals surface area (Å²) in [5.74, 6) is 0.417. The summed E-state index contributed by atoms with van der Waals surface area (Å²) < 4.78 is 6.60. The van der Waals surface area contributed by atoms with Crippen LogP contribution in [0.1, 0.15) is 40.9 Å². The molecule has 2 rings (SSSR count). The summed E-state index contributed by atoms with van der Waals surface area (Å²) in [6, 6.07) is 9.60. The molecule has 0 unspecified atom stereocenters. The van der Waals surface area contributed by atoms with E-state index in [4.69, 9.17) is 4.74 Å². The van der Waals surface area contributed by atoms with Gasteiger partial charge in [0.15, 0.2) is 0 Å². The number of amides is 1. The van der Waals surface area contributed by atoms with Crippen molar-refractivity contribution in [1.82, 2.24) is 0 Å². The number of nitrogens with one attached hydrogen (secondary N) is 1. The van der Waals surface area contributed by atoms with Crippen molar-refractivity contribution in [3.8, 4) is 5.75 Å². The summed E-state index contributed by atoms with van der Waals surface area (Å²) in [6.07, 6.45) is 0.00516. The molecule has 1 amide bonds. The molecule has 0 atom stereocenters. The van der Waals surface area contributed by atoms with Gasteiger partial charge in [0.25, 0.3) is 5.91 Å². The van der Waals surface area contributed by atoms with Crippen LogP contribution in [0.4, 0.5) is 5.69 Å². The zero-order chi connectivity index (χ0) is 17.1. The molecule has 0 fully saturated rings. The number of ether oxygens (including phenoxy) is 1. The Balaban J connectivity index is 2.36. The highest BCUT2D eigenvalue weighted by molar-refractivity contribution is 9.10. The predicted molar refractivity (Wildman–Crippen MR) is 98.5 cm³/mol. The number of hydrogen-bond acceptors (Lipinski definition) is 2. The van der Waals surface area contributed by atoms with E-state index in [2.05, 4.69) is 40.3 Å². The van der Waals surface area contributed by atoms with Gasteiger partial charge in [-0.25, -0.2) is 0 Å². The maximum absolute atomic E-state index is 12.7. The quantitative estimate of drug-likeness (QED) is 0.775. The third-order valence-corrected chi connectivity index (χ3v) is 3.96. The molecule has 0 aliphatic rings. The molecule has 0 bridgehead atoms. The molecule has 0 aliphatic heterocycles. The molecular weight excluding hydrogens is 354 g/mol. The van der Waals surface area contributed by atoms with Gasteiger partial charge in [0, 0.05) is 10.2 Å². The SMILES string of the molecule is Cc1cc(C)c(NC(=O)c2cc(Br)ccc2OC(C)C)c(C)c1. The number of benzene rings is 2. The molecule has 23 heavy (non-hydrogen) atoms. The van der Waals surface area contributed by atoms with E-state index in [1.807, 2.05) is 39.8 Å². The van der Waals surface area contributed by atoms with Crippen molar-refractivity contribution in [2.75, 3.05) is 5.32 Å². The van der Waals surface area contributed by atoms with E-state index >= 15 is 0 Å². The lowest BCUT2D eigenvalue weighted by Gasteiger charge is -2.16. The zero-order valence-corrected chi connectivity index (χ0v) is 15.7. The van der Waals surface area contributed by atoms with Gasteiger partial charge >= 0.3 is 0 Å². The fraction of sp³-hybridized carbons (Fsp3) is 0.316.